The van der Waals surface area contributed by atoms with Crippen molar-refractivity contribution in [2.24, 2.45) is 0 Å². The second kappa shape index (κ2) is 8.34. The lowest BCUT2D eigenvalue weighted by atomic mass is 10.1. The number of para-hydroxylation sites is 1. The Balaban J connectivity index is 1.63. The van der Waals surface area contributed by atoms with Gasteiger partial charge in [-0.3, -0.25) is 0 Å². The van der Waals surface area contributed by atoms with Crippen LogP contribution in [0.2, 0.25) is 15.1 Å². The first kappa shape index (κ1) is 17.7. The van der Waals surface area contributed by atoms with Crippen LogP contribution < -0.4 is 10.6 Å². The van der Waals surface area contributed by atoms with Gasteiger partial charge in [-0.2, -0.15) is 10.1 Å². The molecule has 8 heteroatoms. The summed E-state index contributed by atoms with van der Waals surface area (Å²) in [5, 5.41) is 15.8. The number of aromatic nitrogens is 3. The van der Waals surface area contributed by atoms with Crippen LogP contribution in [0.3, 0.4) is 0 Å². The molecule has 0 saturated carbocycles. The number of nitrogens with zero attached hydrogens (tertiary/aromatic N) is 3. The van der Waals surface area contributed by atoms with E-state index < -0.39 is 0 Å². The van der Waals surface area contributed by atoms with Crippen molar-refractivity contribution in [2.45, 2.75) is 6.42 Å². The molecule has 25 heavy (non-hydrogen) atoms. The van der Waals surface area contributed by atoms with Gasteiger partial charge in [0.15, 0.2) is 5.82 Å². The molecule has 0 radical (unpaired) electrons. The van der Waals surface area contributed by atoms with Crippen LogP contribution in [0.4, 0.5) is 17.5 Å². The third kappa shape index (κ3) is 4.95. The molecule has 1 heterocycles. The van der Waals surface area contributed by atoms with Crippen LogP contribution in [-0.2, 0) is 6.42 Å². The summed E-state index contributed by atoms with van der Waals surface area (Å²) >= 11 is 18.3. The second-order valence-corrected chi connectivity index (χ2v) is 6.44. The topological polar surface area (TPSA) is 62.7 Å². The van der Waals surface area contributed by atoms with Crippen LogP contribution in [0.15, 0.2) is 48.7 Å². The van der Waals surface area contributed by atoms with Crippen LogP contribution >= 0.6 is 34.8 Å². The highest BCUT2D eigenvalue weighted by Crippen LogP contribution is 2.31. The quantitative estimate of drug-likeness (QED) is 0.599. The summed E-state index contributed by atoms with van der Waals surface area (Å²) in [6.45, 7) is 0.686. The highest BCUT2D eigenvalue weighted by Gasteiger charge is 2.08. The third-order valence-electron chi connectivity index (χ3n) is 3.37. The third-order valence-corrected chi connectivity index (χ3v) is 4.23. The zero-order valence-corrected chi connectivity index (χ0v) is 15.3. The van der Waals surface area contributed by atoms with E-state index in [9.17, 15) is 0 Å². The summed E-state index contributed by atoms with van der Waals surface area (Å²) in [7, 11) is 0. The van der Waals surface area contributed by atoms with Crippen LogP contribution in [0.1, 0.15) is 5.56 Å². The number of halogens is 3. The van der Waals surface area contributed by atoms with Gasteiger partial charge in [-0.25, -0.2) is 0 Å². The minimum Gasteiger partial charge on any atom is -0.368 e. The van der Waals surface area contributed by atoms with Crippen LogP contribution in [0.25, 0.3) is 0 Å². The summed E-state index contributed by atoms with van der Waals surface area (Å²) in [5.41, 5.74) is 1.69. The number of benzene rings is 2. The fraction of sp³-hybridized carbons (Fsp3) is 0.118. The molecule has 0 aliphatic heterocycles. The monoisotopic (exact) mass is 393 g/mol. The van der Waals surface area contributed by atoms with Crippen molar-refractivity contribution in [3.8, 4) is 0 Å². The minimum absolute atomic E-state index is 0.308. The van der Waals surface area contributed by atoms with Gasteiger partial charge in [0.1, 0.15) is 0 Å². The lowest BCUT2D eigenvalue weighted by Crippen LogP contribution is -2.09. The highest BCUT2D eigenvalue weighted by atomic mass is 35.5. The summed E-state index contributed by atoms with van der Waals surface area (Å²) in [6, 6.07) is 13.0. The average molecular weight is 395 g/mol. The summed E-state index contributed by atoms with van der Waals surface area (Å²) in [5.74, 6) is 0.908. The lowest BCUT2D eigenvalue weighted by Gasteiger charge is -2.10. The Labute approximate surface area is 160 Å². The zero-order valence-electron chi connectivity index (χ0n) is 13.0. The molecule has 3 rings (SSSR count). The maximum atomic E-state index is 6.13. The average Bonchev–Trinajstić information content (AvgIpc) is 2.59. The van der Waals surface area contributed by atoms with Crippen molar-refractivity contribution < 1.29 is 0 Å². The SMILES string of the molecule is Clc1cccc(CCNc2cnnc(Nc3c(Cl)cccc3Cl)n2)c1. The lowest BCUT2D eigenvalue weighted by molar-refractivity contribution is 0.950. The van der Waals surface area contributed by atoms with Crippen molar-refractivity contribution >= 4 is 52.3 Å². The zero-order chi connectivity index (χ0) is 17.6. The molecular formula is C17H14Cl3N5. The molecule has 128 valence electrons. The Kier molecular flexibility index (Phi) is 5.91. The van der Waals surface area contributed by atoms with Crippen molar-refractivity contribution in [3.63, 3.8) is 0 Å². The molecule has 3 aromatic rings. The van der Waals surface area contributed by atoms with Gasteiger partial charge >= 0.3 is 0 Å². The second-order valence-electron chi connectivity index (χ2n) is 5.19. The van der Waals surface area contributed by atoms with Gasteiger partial charge in [0, 0.05) is 11.6 Å². The first-order valence-electron chi connectivity index (χ1n) is 7.51. The van der Waals surface area contributed by atoms with Gasteiger partial charge < -0.3 is 10.6 Å². The molecule has 0 amide bonds. The molecule has 0 saturated heterocycles. The van der Waals surface area contributed by atoms with E-state index in [4.69, 9.17) is 34.8 Å². The fourth-order valence-electron chi connectivity index (χ4n) is 2.20. The smallest absolute Gasteiger partial charge is 0.249 e. The summed E-state index contributed by atoms with van der Waals surface area (Å²) < 4.78 is 0. The minimum atomic E-state index is 0.308. The first-order valence-corrected chi connectivity index (χ1v) is 8.64. The molecule has 0 aliphatic rings. The molecule has 0 aliphatic carbocycles. The first-order chi connectivity index (χ1) is 12.1. The molecule has 2 aromatic carbocycles. The molecule has 0 unspecified atom stereocenters. The highest BCUT2D eigenvalue weighted by molar-refractivity contribution is 6.39. The van der Waals surface area contributed by atoms with E-state index in [1.807, 2.05) is 24.3 Å². The van der Waals surface area contributed by atoms with Crippen molar-refractivity contribution in [1.29, 1.82) is 0 Å². The van der Waals surface area contributed by atoms with E-state index in [1.54, 1.807) is 24.4 Å². The van der Waals surface area contributed by atoms with Gasteiger partial charge in [-0.15, -0.1) is 5.10 Å². The van der Waals surface area contributed by atoms with Gasteiger partial charge in [0.05, 0.1) is 21.9 Å². The summed E-state index contributed by atoms with van der Waals surface area (Å²) in [6.07, 6.45) is 2.36. The van der Waals surface area contributed by atoms with E-state index in [-0.39, 0.29) is 0 Å². The molecular weight excluding hydrogens is 381 g/mol. The Hall–Kier alpha value is -2.08. The van der Waals surface area contributed by atoms with Gasteiger partial charge in [0.25, 0.3) is 0 Å². The Bertz CT molecular complexity index is 852. The number of anilines is 3. The van der Waals surface area contributed by atoms with Crippen LogP contribution in [-0.4, -0.2) is 21.7 Å². The number of nitrogens with one attached hydrogen (secondary N) is 2. The maximum Gasteiger partial charge on any atom is 0.249 e. The normalized spacial score (nSPS) is 10.5. The van der Waals surface area contributed by atoms with E-state index in [2.05, 4.69) is 25.8 Å². The Morgan fingerprint density at radius 2 is 1.72 bits per heavy atom. The number of hydrogen-bond donors (Lipinski definition) is 2. The fourth-order valence-corrected chi connectivity index (χ4v) is 2.90. The molecule has 1 aromatic heterocycles. The van der Waals surface area contributed by atoms with Crippen molar-refractivity contribution in [2.75, 3.05) is 17.2 Å². The van der Waals surface area contributed by atoms with Gasteiger partial charge in [0.2, 0.25) is 5.95 Å². The van der Waals surface area contributed by atoms with Gasteiger partial charge in [-0.05, 0) is 36.2 Å². The van der Waals surface area contributed by atoms with Crippen LogP contribution in [0, 0.1) is 0 Å². The maximum absolute atomic E-state index is 6.13. The number of hydrogen-bond acceptors (Lipinski definition) is 5. The molecule has 2 N–H and O–H groups in total. The predicted octanol–water partition coefficient (Wildman–Crippen LogP) is 5.23. The predicted molar refractivity (Wildman–Crippen MR) is 103 cm³/mol. The van der Waals surface area contributed by atoms with E-state index >= 15 is 0 Å². The molecule has 0 bridgehead atoms. The Morgan fingerprint density at radius 1 is 0.960 bits per heavy atom. The van der Waals surface area contributed by atoms with Crippen molar-refractivity contribution in [1.82, 2.24) is 15.2 Å². The number of rotatable bonds is 6. The van der Waals surface area contributed by atoms with E-state index in [0.717, 1.165) is 17.0 Å². The summed E-state index contributed by atoms with van der Waals surface area (Å²) in [4.78, 5) is 4.36. The molecule has 0 atom stereocenters. The molecule has 0 fully saturated rings. The standard InChI is InChI=1S/C17H14Cl3N5/c18-12-4-1-3-11(9-12)7-8-21-15-10-22-25-17(23-15)24-16-13(19)5-2-6-14(16)20/h1-6,9-10H,7-8H2,(H2,21,23,24,25). The largest absolute Gasteiger partial charge is 0.368 e. The Morgan fingerprint density at radius 3 is 2.48 bits per heavy atom. The van der Waals surface area contributed by atoms with Gasteiger partial charge in [-0.1, -0.05) is 53.0 Å². The van der Waals surface area contributed by atoms with Crippen molar-refractivity contribution in [3.05, 3.63) is 69.3 Å². The molecule has 5 nitrogen and oxygen atoms in total. The van der Waals surface area contributed by atoms with E-state index in [1.165, 1.54) is 0 Å². The molecule has 0 spiro atoms. The van der Waals surface area contributed by atoms with E-state index in [0.29, 0.717) is 34.0 Å². The van der Waals surface area contributed by atoms with Crippen LogP contribution in [0.5, 0.6) is 0 Å².